The summed E-state index contributed by atoms with van der Waals surface area (Å²) in [5.41, 5.74) is 2.30. The van der Waals surface area contributed by atoms with Gasteiger partial charge < -0.3 is 20.0 Å². The van der Waals surface area contributed by atoms with Gasteiger partial charge in [-0.05, 0) is 48.6 Å². The molecule has 3 amide bonds. The Morgan fingerprint density at radius 2 is 1.46 bits per heavy atom. The van der Waals surface area contributed by atoms with Gasteiger partial charge in [0.15, 0.2) is 0 Å². The van der Waals surface area contributed by atoms with Crippen molar-refractivity contribution in [2.45, 2.75) is 24.8 Å². The Bertz CT molecular complexity index is 1300. The van der Waals surface area contributed by atoms with Crippen molar-refractivity contribution < 1.29 is 14.4 Å². The molecule has 2 heterocycles. The topological polar surface area (TPSA) is 73.0 Å². The SMILES string of the molecule is O=C(CN1CN(c2ccccc2)C2(CCN(C(=O)/C=C/c3ccccc3)CC2)C1=O)NCCc1ccccc1. The van der Waals surface area contributed by atoms with Crippen molar-refractivity contribution in [1.82, 2.24) is 15.1 Å². The average molecular weight is 523 g/mol. The fourth-order valence-corrected chi connectivity index (χ4v) is 5.48. The molecule has 1 N–H and O–H groups in total. The molecule has 0 radical (unpaired) electrons. The number of para-hydroxylation sites is 1. The number of rotatable bonds is 8. The number of carbonyl (C=O) groups excluding carboxylic acids is 3. The maximum Gasteiger partial charge on any atom is 0.250 e. The van der Waals surface area contributed by atoms with Gasteiger partial charge in [-0.2, -0.15) is 0 Å². The fourth-order valence-electron chi connectivity index (χ4n) is 5.48. The van der Waals surface area contributed by atoms with E-state index in [-0.39, 0.29) is 24.3 Å². The first-order valence-electron chi connectivity index (χ1n) is 13.5. The molecule has 2 aliphatic heterocycles. The van der Waals surface area contributed by atoms with Gasteiger partial charge in [-0.3, -0.25) is 14.4 Å². The number of likely N-dealkylation sites (tertiary alicyclic amines) is 1. The van der Waals surface area contributed by atoms with Gasteiger partial charge in [-0.25, -0.2) is 0 Å². The van der Waals surface area contributed by atoms with Gasteiger partial charge in [-0.1, -0.05) is 78.9 Å². The molecule has 5 rings (SSSR count). The Morgan fingerprint density at radius 3 is 2.13 bits per heavy atom. The summed E-state index contributed by atoms with van der Waals surface area (Å²) in [7, 11) is 0. The van der Waals surface area contributed by atoms with Crippen LogP contribution in [0.2, 0.25) is 0 Å². The molecule has 3 aromatic carbocycles. The van der Waals surface area contributed by atoms with Crippen molar-refractivity contribution in [3.8, 4) is 0 Å². The molecule has 200 valence electrons. The summed E-state index contributed by atoms with van der Waals surface area (Å²) in [6.45, 7) is 1.83. The highest BCUT2D eigenvalue weighted by molar-refractivity contribution is 5.97. The molecule has 1 spiro atoms. The first kappa shape index (κ1) is 26.2. The molecule has 0 unspecified atom stereocenters. The minimum absolute atomic E-state index is 0.0150. The number of nitrogens with one attached hydrogen (secondary N) is 1. The van der Waals surface area contributed by atoms with E-state index in [0.29, 0.717) is 39.1 Å². The third kappa shape index (κ3) is 6.03. The van der Waals surface area contributed by atoms with E-state index in [4.69, 9.17) is 0 Å². The van der Waals surface area contributed by atoms with Crippen LogP contribution in [0.25, 0.3) is 6.08 Å². The van der Waals surface area contributed by atoms with Crippen LogP contribution in [-0.2, 0) is 20.8 Å². The van der Waals surface area contributed by atoms with Crippen LogP contribution in [0.3, 0.4) is 0 Å². The van der Waals surface area contributed by atoms with Crippen LogP contribution in [0.4, 0.5) is 5.69 Å². The van der Waals surface area contributed by atoms with Gasteiger partial charge >= 0.3 is 0 Å². The van der Waals surface area contributed by atoms with Crippen molar-refractivity contribution in [3.63, 3.8) is 0 Å². The number of benzene rings is 3. The number of anilines is 1. The molecule has 7 nitrogen and oxygen atoms in total. The molecule has 0 saturated carbocycles. The second-order valence-electron chi connectivity index (χ2n) is 10.1. The smallest absolute Gasteiger partial charge is 0.250 e. The third-order valence-corrected chi connectivity index (χ3v) is 7.62. The Morgan fingerprint density at radius 1 is 0.846 bits per heavy atom. The molecule has 39 heavy (non-hydrogen) atoms. The Labute approximate surface area is 229 Å². The standard InChI is InChI=1S/C32H34N4O3/c37-29(33-21-18-27-12-6-2-7-13-27)24-35-25-36(28-14-8-3-9-15-28)32(31(35)39)19-22-34(23-20-32)30(38)17-16-26-10-4-1-5-11-26/h1-17H,18-25H2,(H,33,37)/b17-16+. The summed E-state index contributed by atoms with van der Waals surface area (Å²) < 4.78 is 0. The van der Waals surface area contributed by atoms with Gasteiger partial charge in [0.1, 0.15) is 12.1 Å². The van der Waals surface area contributed by atoms with Crippen molar-refractivity contribution in [3.05, 3.63) is 108 Å². The van der Waals surface area contributed by atoms with Gasteiger partial charge in [-0.15, -0.1) is 0 Å². The number of hydrogen-bond donors (Lipinski definition) is 1. The first-order chi connectivity index (χ1) is 19.0. The lowest BCUT2D eigenvalue weighted by Gasteiger charge is -2.43. The Kier molecular flexibility index (Phi) is 8.06. The highest BCUT2D eigenvalue weighted by Crippen LogP contribution is 2.39. The summed E-state index contributed by atoms with van der Waals surface area (Å²) in [4.78, 5) is 45.1. The number of nitrogens with zero attached hydrogens (tertiary/aromatic N) is 3. The van der Waals surface area contributed by atoms with Crippen LogP contribution in [-0.4, -0.2) is 65.9 Å². The van der Waals surface area contributed by atoms with E-state index < -0.39 is 5.54 Å². The maximum absolute atomic E-state index is 13.9. The quantitative estimate of drug-likeness (QED) is 0.458. The normalized spacial score (nSPS) is 16.7. The summed E-state index contributed by atoms with van der Waals surface area (Å²) in [5, 5.41) is 2.96. The highest BCUT2D eigenvalue weighted by atomic mass is 16.2. The van der Waals surface area contributed by atoms with E-state index in [1.54, 1.807) is 15.9 Å². The molecule has 0 atom stereocenters. The molecular formula is C32H34N4O3. The molecule has 7 heteroatoms. The van der Waals surface area contributed by atoms with E-state index >= 15 is 0 Å². The predicted molar refractivity (Wildman–Crippen MR) is 153 cm³/mol. The second-order valence-corrected chi connectivity index (χ2v) is 10.1. The van der Waals surface area contributed by atoms with Crippen LogP contribution in [0, 0.1) is 0 Å². The van der Waals surface area contributed by atoms with Gasteiger partial charge in [0, 0.05) is 31.4 Å². The van der Waals surface area contributed by atoms with E-state index in [2.05, 4.69) is 10.2 Å². The number of carbonyl (C=O) groups is 3. The van der Waals surface area contributed by atoms with Crippen LogP contribution < -0.4 is 10.2 Å². The summed E-state index contributed by atoms with van der Waals surface area (Å²) in [5.74, 6) is -0.264. The van der Waals surface area contributed by atoms with Crippen LogP contribution in [0.15, 0.2) is 97.1 Å². The zero-order valence-corrected chi connectivity index (χ0v) is 22.0. The molecule has 2 fully saturated rings. The lowest BCUT2D eigenvalue weighted by molar-refractivity contribution is -0.138. The average Bonchev–Trinajstić information content (AvgIpc) is 3.24. The monoisotopic (exact) mass is 522 g/mol. The fraction of sp³-hybridized carbons (Fsp3) is 0.281. The van der Waals surface area contributed by atoms with E-state index in [1.165, 1.54) is 0 Å². The molecule has 0 bridgehead atoms. The van der Waals surface area contributed by atoms with E-state index in [0.717, 1.165) is 23.2 Å². The van der Waals surface area contributed by atoms with Gasteiger partial charge in [0.2, 0.25) is 11.8 Å². The second kappa shape index (κ2) is 12.0. The zero-order chi connectivity index (χ0) is 27.1. The largest absolute Gasteiger partial charge is 0.354 e. The van der Waals surface area contributed by atoms with Crippen molar-refractivity contribution in [1.29, 1.82) is 0 Å². The molecule has 2 saturated heterocycles. The Hall–Kier alpha value is -4.39. The van der Waals surface area contributed by atoms with Crippen molar-refractivity contribution in [2.75, 3.05) is 37.7 Å². The summed E-state index contributed by atoms with van der Waals surface area (Å²) in [6.07, 6.45) is 5.19. The number of piperidine rings is 1. The lowest BCUT2D eigenvalue weighted by atomic mass is 9.85. The predicted octanol–water partition coefficient (Wildman–Crippen LogP) is 3.73. The molecule has 2 aliphatic rings. The van der Waals surface area contributed by atoms with E-state index in [9.17, 15) is 14.4 Å². The minimum atomic E-state index is -0.772. The highest BCUT2D eigenvalue weighted by Gasteiger charge is 2.54. The van der Waals surface area contributed by atoms with Crippen LogP contribution >= 0.6 is 0 Å². The van der Waals surface area contributed by atoms with Crippen LogP contribution in [0.5, 0.6) is 0 Å². The number of hydrogen-bond acceptors (Lipinski definition) is 4. The summed E-state index contributed by atoms with van der Waals surface area (Å²) >= 11 is 0. The molecule has 0 aliphatic carbocycles. The number of amides is 3. The Balaban J connectivity index is 1.24. The molecule has 3 aromatic rings. The van der Waals surface area contributed by atoms with Crippen LogP contribution in [0.1, 0.15) is 24.0 Å². The minimum Gasteiger partial charge on any atom is -0.354 e. The van der Waals surface area contributed by atoms with Crippen molar-refractivity contribution in [2.24, 2.45) is 0 Å². The summed E-state index contributed by atoms with van der Waals surface area (Å²) in [6, 6.07) is 29.6. The first-order valence-corrected chi connectivity index (χ1v) is 13.5. The lowest BCUT2D eigenvalue weighted by Crippen LogP contribution is -2.57. The van der Waals surface area contributed by atoms with Gasteiger partial charge in [0.05, 0.1) is 6.67 Å². The van der Waals surface area contributed by atoms with Gasteiger partial charge in [0.25, 0.3) is 5.91 Å². The molecule has 0 aromatic heterocycles. The molecular weight excluding hydrogens is 488 g/mol. The van der Waals surface area contributed by atoms with E-state index in [1.807, 2.05) is 97.1 Å². The van der Waals surface area contributed by atoms with Crippen molar-refractivity contribution >= 4 is 29.5 Å². The maximum atomic E-state index is 13.9. The zero-order valence-electron chi connectivity index (χ0n) is 22.0. The third-order valence-electron chi connectivity index (χ3n) is 7.62.